The quantitative estimate of drug-likeness (QED) is 0.655. The summed E-state index contributed by atoms with van der Waals surface area (Å²) < 4.78 is 0. The van der Waals surface area contributed by atoms with Crippen molar-refractivity contribution in [1.82, 2.24) is 5.43 Å². The van der Waals surface area contributed by atoms with Crippen LogP contribution in [0.5, 0.6) is 0 Å². The minimum atomic E-state index is -0.126. The van der Waals surface area contributed by atoms with Gasteiger partial charge in [-0.1, -0.05) is 24.1 Å². The molecule has 2 aliphatic rings. The van der Waals surface area contributed by atoms with Gasteiger partial charge in [-0.15, -0.1) is 0 Å². The van der Waals surface area contributed by atoms with Gasteiger partial charge in [0.1, 0.15) is 0 Å². The maximum Gasteiger partial charge on any atom is 0.271 e. The predicted molar refractivity (Wildman–Crippen MR) is 76.1 cm³/mol. The minimum Gasteiger partial charge on any atom is -0.267 e. The molecule has 3 atom stereocenters. The van der Waals surface area contributed by atoms with Crippen molar-refractivity contribution in [1.29, 1.82) is 0 Å². The van der Waals surface area contributed by atoms with Crippen molar-refractivity contribution in [2.75, 3.05) is 0 Å². The Morgan fingerprint density at radius 1 is 1.26 bits per heavy atom. The summed E-state index contributed by atoms with van der Waals surface area (Å²) in [5, 5.41) is 4.15. The predicted octanol–water partition coefficient (Wildman–Crippen LogP) is 3.15. The molecule has 2 saturated carbocycles. The molecule has 0 saturated heterocycles. The number of nitrogens with zero attached hydrogens (tertiary/aromatic N) is 1. The lowest BCUT2D eigenvalue weighted by Gasteiger charge is -2.16. The van der Waals surface area contributed by atoms with Crippen molar-refractivity contribution in [2.24, 2.45) is 22.9 Å². The molecule has 0 unspecified atom stereocenters. The van der Waals surface area contributed by atoms with Crippen LogP contribution in [0.25, 0.3) is 0 Å². The van der Waals surface area contributed by atoms with Crippen LogP contribution in [0, 0.1) is 24.7 Å². The lowest BCUT2D eigenvalue weighted by atomic mass is 9.90. The van der Waals surface area contributed by atoms with Crippen LogP contribution in [0.1, 0.15) is 41.6 Å². The Bertz CT molecular complexity index is 492. The molecule has 2 aliphatic carbocycles. The van der Waals surface area contributed by atoms with Crippen LogP contribution in [0.4, 0.5) is 0 Å². The first-order chi connectivity index (χ1) is 9.22. The highest BCUT2D eigenvalue weighted by Gasteiger charge is 2.38. The van der Waals surface area contributed by atoms with Crippen LogP contribution in [0.3, 0.4) is 0 Å². The number of amides is 1. The lowest BCUT2D eigenvalue weighted by molar-refractivity contribution is 0.0955. The van der Waals surface area contributed by atoms with Gasteiger partial charge in [-0.25, -0.2) is 5.43 Å². The highest BCUT2D eigenvalue weighted by molar-refractivity contribution is 5.94. The Morgan fingerprint density at radius 2 is 2.05 bits per heavy atom. The van der Waals surface area contributed by atoms with Gasteiger partial charge in [-0.3, -0.25) is 4.79 Å². The zero-order chi connectivity index (χ0) is 13.2. The Labute approximate surface area is 114 Å². The second-order valence-corrected chi connectivity index (χ2v) is 5.92. The molecule has 2 bridgehead atoms. The van der Waals surface area contributed by atoms with E-state index in [4.69, 9.17) is 0 Å². The van der Waals surface area contributed by atoms with Crippen LogP contribution in [-0.4, -0.2) is 12.1 Å². The van der Waals surface area contributed by atoms with E-state index < -0.39 is 0 Å². The van der Waals surface area contributed by atoms with Gasteiger partial charge >= 0.3 is 0 Å². The van der Waals surface area contributed by atoms with E-state index in [-0.39, 0.29) is 5.91 Å². The summed E-state index contributed by atoms with van der Waals surface area (Å²) in [5.74, 6) is 2.18. The van der Waals surface area contributed by atoms with Gasteiger partial charge in [0, 0.05) is 11.8 Å². The smallest absolute Gasteiger partial charge is 0.267 e. The molecular weight excluding hydrogens is 236 g/mol. The van der Waals surface area contributed by atoms with E-state index in [2.05, 4.69) is 10.5 Å². The monoisotopic (exact) mass is 256 g/mol. The molecule has 1 N–H and O–H groups in total. The normalized spacial score (nSPS) is 29.0. The number of nitrogens with one attached hydrogen (secondary N) is 1. The summed E-state index contributed by atoms with van der Waals surface area (Å²) in [6.45, 7) is 2.01. The highest BCUT2D eigenvalue weighted by atomic mass is 16.2. The standard InChI is InChI=1S/C16H20N2O/c1-11-2-5-13(6-3-11)16(19)18-17-10-15-9-12-4-7-14(15)8-12/h2-3,5-6,10,12,14-15H,4,7-9H2,1H3,(H,18,19)/b17-10-/t12-,14+,15-/m0/s1. The number of benzene rings is 1. The van der Waals surface area contributed by atoms with Crippen LogP contribution < -0.4 is 5.43 Å². The van der Waals surface area contributed by atoms with E-state index in [1.54, 1.807) is 0 Å². The minimum absolute atomic E-state index is 0.126. The number of carbonyl (C=O) groups excluding carboxylic acids is 1. The van der Waals surface area contributed by atoms with Gasteiger partial charge in [0.25, 0.3) is 5.91 Å². The number of aryl methyl sites for hydroxylation is 1. The molecular formula is C16H20N2O. The molecule has 0 aromatic heterocycles. The maximum absolute atomic E-state index is 11.9. The molecule has 3 nitrogen and oxygen atoms in total. The Balaban J connectivity index is 1.54. The number of carbonyl (C=O) groups is 1. The number of fused-ring (bicyclic) bond motifs is 2. The summed E-state index contributed by atoms with van der Waals surface area (Å²) >= 11 is 0. The van der Waals surface area contributed by atoms with Gasteiger partial charge in [0.2, 0.25) is 0 Å². The van der Waals surface area contributed by atoms with E-state index in [1.807, 2.05) is 37.4 Å². The van der Waals surface area contributed by atoms with Gasteiger partial charge in [-0.2, -0.15) is 5.10 Å². The van der Waals surface area contributed by atoms with E-state index in [0.717, 1.165) is 17.4 Å². The lowest BCUT2D eigenvalue weighted by Crippen LogP contribution is -2.20. The Hall–Kier alpha value is -1.64. The van der Waals surface area contributed by atoms with Gasteiger partial charge in [-0.05, 0) is 56.1 Å². The van der Waals surface area contributed by atoms with Crippen LogP contribution >= 0.6 is 0 Å². The number of hydrazone groups is 1. The first-order valence-corrected chi connectivity index (χ1v) is 7.12. The van der Waals surface area contributed by atoms with E-state index in [0.29, 0.717) is 11.5 Å². The summed E-state index contributed by atoms with van der Waals surface area (Å²) in [5.41, 5.74) is 4.45. The second kappa shape index (κ2) is 5.16. The first kappa shape index (κ1) is 12.4. The van der Waals surface area contributed by atoms with Gasteiger partial charge in [0.15, 0.2) is 0 Å². The van der Waals surface area contributed by atoms with Crippen molar-refractivity contribution in [3.63, 3.8) is 0 Å². The average molecular weight is 256 g/mol. The third kappa shape index (κ3) is 2.70. The molecule has 0 spiro atoms. The summed E-state index contributed by atoms with van der Waals surface area (Å²) in [4.78, 5) is 11.9. The number of hydrogen-bond donors (Lipinski definition) is 1. The van der Waals surface area contributed by atoms with Crippen molar-refractivity contribution in [3.05, 3.63) is 35.4 Å². The van der Waals surface area contributed by atoms with Gasteiger partial charge < -0.3 is 0 Å². The molecule has 0 aliphatic heterocycles. The summed E-state index contributed by atoms with van der Waals surface area (Å²) in [6, 6.07) is 7.54. The zero-order valence-electron chi connectivity index (χ0n) is 11.3. The van der Waals surface area contributed by atoms with E-state index in [1.165, 1.54) is 25.7 Å². The molecule has 0 heterocycles. The molecule has 3 rings (SSSR count). The van der Waals surface area contributed by atoms with Crippen molar-refractivity contribution < 1.29 is 4.79 Å². The summed E-state index contributed by atoms with van der Waals surface area (Å²) in [7, 11) is 0. The molecule has 19 heavy (non-hydrogen) atoms. The molecule has 1 amide bonds. The SMILES string of the molecule is Cc1ccc(C(=O)N/N=C\[C@@H]2C[C@H]3CC[C@@H]2C3)cc1. The number of rotatable bonds is 3. The van der Waals surface area contributed by atoms with E-state index >= 15 is 0 Å². The fourth-order valence-electron chi connectivity index (χ4n) is 3.44. The zero-order valence-corrected chi connectivity index (χ0v) is 11.3. The Kier molecular flexibility index (Phi) is 3.36. The third-order valence-corrected chi connectivity index (χ3v) is 4.54. The third-order valence-electron chi connectivity index (χ3n) is 4.54. The van der Waals surface area contributed by atoms with Crippen LogP contribution in [0.15, 0.2) is 29.4 Å². The fourth-order valence-corrected chi connectivity index (χ4v) is 3.44. The molecule has 0 radical (unpaired) electrons. The largest absolute Gasteiger partial charge is 0.271 e. The molecule has 1 aromatic rings. The van der Waals surface area contributed by atoms with Crippen molar-refractivity contribution in [3.8, 4) is 0 Å². The van der Waals surface area contributed by atoms with Crippen molar-refractivity contribution >= 4 is 12.1 Å². The van der Waals surface area contributed by atoms with Gasteiger partial charge in [0.05, 0.1) is 0 Å². The topological polar surface area (TPSA) is 41.5 Å². The first-order valence-electron chi connectivity index (χ1n) is 7.12. The van der Waals surface area contributed by atoms with E-state index in [9.17, 15) is 4.79 Å². The Morgan fingerprint density at radius 3 is 2.68 bits per heavy atom. The molecule has 2 fully saturated rings. The highest BCUT2D eigenvalue weighted by Crippen LogP contribution is 2.47. The van der Waals surface area contributed by atoms with Crippen molar-refractivity contribution in [2.45, 2.75) is 32.6 Å². The van der Waals surface area contributed by atoms with Crippen LogP contribution in [0.2, 0.25) is 0 Å². The molecule has 1 aromatic carbocycles. The molecule has 3 heteroatoms. The van der Waals surface area contributed by atoms with Crippen LogP contribution in [-0.2, 0) is 0 Å². The maximum atomic E-state index is 11.9. The fraction of sp³-hybridized carbons (Fsp3) is 0.500. The average Bonchev–Trinajstić information content (AvgIpc) is 3.02. The summed E-state index contributed by atoms with van der Waals surface area (Å²) in [6.07, 6.45) is 7.31. The molecule has 100 valence electrons. The second-order valence-electron chi connectivity index (χ2n) is 5.92. The number of hydrogen-bond acceptors (Lipinski definition) is 2.